The lowest BCUT2D eigenvalue weighted by Gasteiger charge is -2.12. The quantitative estimate of drug-likeness (QED) is 0.433. The fraction of sp³-hybridized carbons (Fsp3) is 0.389. The maximum atomic E-state index is 12.3. The zero-order valence-corrected chi connectivity index (χ0v) is 14.5. The minimum atomic E-state index is -1.02. The molecule has 1 aromatic rings. The first-order chi connectivity index (χ1) is 11.2. The highest BCUT2D eigenvalue weighted by Gasteiger charge is 2.21. The molecule has 0 saturated heterocycles. The number of benzene rings is 1. The largest absolute Gasteiger partial charge is 0.497 e. The van der Waals surface area contributed by atoms with Gasteiger partial charge in [-0.1, -0.05) is 12.1 Å². The summed E-state index contributed by atoms with van der Waals surface area (Å²) in [5, 5.41) is 0. The second-order valence-corrected chi connectivity index (χ2v) is 5.56. The summed E-state index contributed by atoms with van der Waals surface area (Å²) >= 11 is 0. The molecule has 1 aromatic carbocycles. The van der Waals surface area contributed by atoms with Gasteiger partial charge in [0.25, 0.3) is 5.78 Å². The van der Waals surface area contributed by atoms with Crippen molar-refractivity contribution in [3.8, 4) is 5.75 Å². The van der Waals surface area contributed by atoms with Crippen LogP contribution in [0.1, 0.15) is 33.3 Å². The van der Waals surface area contributed by atoms with E-state index in [9.17, 15) is 14.4 Å². The van der Waals surface area contributed by atoms with E-state index in [0.717, 1.165) is 6.08 Å². The molecule has 0 radical (unpaired) electrons. The number of carbonyl (C=O) groups is 3. The normalized spacial score (nSPS) is 11.4. The third-order valence-corrected chi connectivity index (χ3v) is 2.78. The second-order valence-electron chi connectivity index (χ2n) is 5.56. The van der Waals surface area contributed by atoms with Crippen LogP contribution in [0.3, 0.4) is 0 Å². The van der Waals surface area contributed by atoms with Crippen LogP contribution in [-0.2, 0) is 23.9 Å². The summed E-state index contributed by atoms with van der Waals surface area (Å²) in [6, 6.07) is 6.49. The number of methoxy groups -OCH3 is 1. The maximum Gasteiger partial charge on any atom is 0.379 e. The molecule has 6 nitrogen and oxygen atoms in total. The molecule has 24 heavy (non-hydrogen) atoms. The van der Waals surface area contributed by atoms with Crippen molar-refractivity contribution in [1.82, 2.24) is 0 Å². The van der Waals surface area contributed by atoms with E-state index in [2.05, 4.69) is 0 Å². The van der Waals surface area contributed by atoms with Crippen molar-refractivity contribution in [1.29, 1.82) is 0 Å². The van der Waals surface area contributed by atoms with Crippen LogP contribution in [0, 0.1) is 0 Å². The molecule has 0 unspecified atom stereocenters. The van der Waals surface area contributed by atoms with E-state index in [-0.39, 0.29) is 11.7 Å². The van der Waals surface area contributed by atoms with Crippen molar-refractivity contribution in [2.75, 3.05) is 7.11 Å². The number of hydrogen-bond donors (Lipinski definition) is 0. The first kappa shape index (κ1) is 19.4. The van der Waals surface area contributed by atoms with Crippen molar-refractivity contribution >= 4 is 23.3 Å². The molecule has 0 aliphatic carbocycles. The third-order valence-electron chi connectivity index (χ3n) is 2.78. The molecule has 0 atom stereocenters. The zero-order chi connectivity index (χ0) is 18.3. The first-order valence-electron chi connectivity index (χ1n) is 7.56. The molecule has 0 bridgehead atoms. The van der Waals surface area contributed by atoms with E-state index in [1.54, 1.807) is 52.0 Å². The number of ketones is 1. The van der Waals surface area contributed by atoms with E-state index >= 15 is 0 Å². The van der Waals surface area contributed by atoms with E-state index in [4.69, 9.17) is 14.2 Å². The zero-order valence-electron chi connectivity index (χ0n) is 14.5. The number of rotatable bonds is 7. The van der Waals surface area contributed by atoms with E-state index in [0.29, 0.717) is 11.3 Å². The topological polar surface area (TPSA) is 78.9 Å². The highest BCUT2D eigenvalue weighted by atomic mass is 16.5. The van der Waals surface area contributed by atoms with Crippen LogP contribution in [0.2, 0.25) is 0 Å². The van der Waals surface area contributed by atoms with Crippen LogP contribution < -0.4 is 4.74 Å². The van der Waals surface area contributed by atoms with Crippen LogP contribution >= 0.6 is 0 Å². The van der Waals surface area contributed by atoms with E-state index in [1.165, 1.54) is 7.11 Å². The molecule has 130 valence electrons. The Morgan fingerprint density at radius 1 is 0.875 bits per heavy atom. The van der Waals surface area contributed by atoms with Gasteiger partial charge in [0, 0.05) is 6.08 Å². The molecule has 1 rings (SSSR count). The molecule has 0 fully saturated rings. The molecule has 0 aromatic heterocycles. The first-order valence-corrected chi connectivity index (χ1v) is 7.56. The SMILES string of the molecule is COc1ccc(/C(=C\C(=O)C(=O)OC(C)C)C(=O)OC(C)C)cc1. The summed E-state index contributed by atoms with van der Waals surface area (Å²) < 4.78 is 15.0. The molecule has 0 N–H and O–H groups in total. The monoisotopic (exact) mass is 334 g/mol. The van der Waals surface area contributed by atoms with Gasteiger partial charge < -0.3 is 14.2 Å². The van der Waals surface area contributed by atoms with Gasteiger partial charge in [0.05, 0.1) is 24.9 Å². The van der Waals surface area contributed by atoms with Gasteiger partial charge in [-0.25, -0.2) is 9.59 Å². The fourth-order valence-corrected chi connectivity index (χ4v) is 1.77. The van der Waals surface area contributed by atoms with Gasteiger partial charge in [0.2, 0.25) is 0 Å². The predicted octanol–water partition coefficient (Wildman–Crippen LogP) is 2.55. The predicted molar refractivity (Wildman–Crippen MR) is 88.4 cm³/mol. The molecule has 0 spiro atoms. The minimum absolute atomic E-state index is 0.0166. The summed E-state index contributed by atoms with van der Waals surface area (Å²) in [4.78, 5) is 35.9. The Morgan fingerprint density at radius 3 is 1.83 bits per heavy atom. The lowest BCUT2D eigenvalue weighted by molar-refractivity contribution is -0.154. The number of hydrogen-bond acceptors (Lipinski definition) is 6. The van der Waals surface area contributed by atoms with Gasteiger partial charge in [0.15, 0.2) is 0 Å². The summed E-state index contributed by atoms with van der Waals surface area (Å²) in [5.74, 6) is -2.04. The van der Waals surface area contributed by atoms with Crippen LogP contribution in [0.4, 0.5) is 0 Å². The van der Waals surface area contributed by atoms with Gasteiger partial charge >= 0.3 is 11.9 Å². The summed E-state index contributed by atoms with van der Waals surface area (Å²) in [7, 11) is 1.52. The molecule has 0 saturated carbocycles. The highest BCUT2D eigenvalue weighted by molar-refractivity contribution is 6.42. The number of carbonyl (C=O) groups excluding carboxylic acids is 3. The van der Waals surface area contributed by atoms with Crippen molar-refractivity contribution in [3.63, 3.8) is 0 Å². The Hall–Kier alpha value is -2.63. The number of ether oxygens (including phenoxy) is 3. The Balaban J connectivity index is 3.17. The van der Waals surface area contributed by atoms with Gasteiger partial charge in [-0.3, -0.25) is 4.79 Å². The standard InChI is InChI=1S/C18H22O6/c1-11(2)23-17(20)15(10-16(19)18(21)24-12(3)4)13-6-8-14(22-5)9-7-13/h6-12H,1-5H3/b15-10+. The van der Waals surface area contributed by atoms with E-state index in [1.807, 2.05) is 0 Å². The summed E-state index contributed by atoms with van der Waals surface area (Å²) in [6.45, 7) is 6.65. The van der Waals surface area contributed by atoms with Gasteiger partial charge in [-0.15, -0.1) is 0 Å². The van der Waals surface area contributed by atoms with Crippen molar-refractivity contribution < 1.29 is 28.6 Å². The number of esters is 2. The lowest BCUT2D eigenvalue weighted by Crippen LogP contribution is -2.21. The van der Waals surface area contributed by atoms with Gasteiger partial charge in [-0.05, 0) is 45.4 Å². The van der Waals surface area contributed by atoms with E-state index < -0.39 is 23.8 Å². The Kier molecular flexibility index (Phi) is 7.17. The van der Waals surface area contributed by atoms with Crippen LogP contribution in [0.5, 0.6) is 5.75 Å². The molecule has 0 amide bonds. The van der Waals surface area contributed by atoms with Gasteiger partial charge in [0.1, 0.15) is 5.75 Å². The van der Waals surface area contributed by atoms with Crippen molar-refractivity contribution in [3.05, 3.63) is 35.9 Å². The Morgan fingerprint density at radius 2 is 1.38 bits per heavy atom. The highest BCUT2D eigenvalue weighted by Crippen LogP contribution is 2.21. The minimum Gasteiger partial charge on any atom is -0.497 e. The van der Waals surface area contributed by atoms with Crippen LogP contribution in [-0.4, -0.2) is 37.0 Å². The lowest BCUT2D eigenvalue weighted by atomic mass is 10.0. The second kappa shape index (κ2) is 8.86. The smallest absolute Gasteiger partial charge is 0.379 e. The van der Waals surface area contributed by atoms with Crippen molar-refractivity contribution in [2.45, 2.75) is 39.9 Å². The third kappa shape index (κ3) is 5.87. The molecular formula is C18H22O6. The maximum absolute atomic E-state index is 12.3. The molecule has 0 aliphatic rings. The fourth-order valence-electron chi connectivity index (χ4n) is 1.77. The average Bonchev–Trinajstić information content (AvgIpc) is 2.51. The Bertz CT molecular complexity index is 625. The summed E-state index contributed by atoms with van der Waals surface area (Å²) in [6.07, 6.45) is 0.149. The van der Waals surface area contributed by atoms with Crippen molar-refractivity contribution in [2.24, 2.45) is 0 Å². The van der Waals surface area contributed by atoms with Crippen LogP contribution in [0.25, 0.3) is 5.57 Å². The summed E-state index contributed by atoms with van der Waals surface area (Å²) in [5.41, 5.74) is 0.421. The van der Waals surface area contributed by atoms with Gasteiger partial charge in [-0.2, -0.15) is 0 Å². The average molecular weight is 334 g/mol. The van der Waals surface area contributed by atoms with Crippen LogP contribution in [0.15, 0.2) is 30.3 Å². The molecule has 6 heteroatoms. The Labute approximate surface area is 141 Å². The molecule has 0 aliphatic heterocycles. The molecular weight excluding hydrogens is 312 g/mol. The molecule has 0 heterocycles.